The standard InChI is InChI=1S/C12H17NO/c13-8-10-5-2-1-4-9-6-3-7-11(14)12(9)10/h3,6-7,10,14H,1-2,4-5,8,13H2. The van der Waals surface area contributed by atoms with Crippen molar-refractivity contribution in [1.29, 1.82) is 0 Å². The lowest BCUT2D eigenvalue weighted by Gasteiger charge is -2.16. The van der Waals surface area contributed by atoms with Crippen molar-refractivity contribution in [1.82, 2.24) is 0 Å². The van der Waals surface area contributed by atoms with E-state index >= 15 is 0 Å². The predicted molar refractivity (Wildman–Crippen MR) is 57.5 cm³/mol. The number of hydrogen-bond acceptors (Lipinski definition) is 2. The van der Waals surface area contributed by atoms with Crippen molar-refractivity contribution in [3.05, 3.63) is 29.3 Å². The second-order valence-corrected chi connectivity index (χ2v) is 4.03. The zero-order valence-electron chi connectivity index (χ0n) is 8.37. The number of phenols is 1. The number of rotatable bonds is 1. The summed E-state index contributed by atoms with van der Waals surface area (Å²) in [6, 6.07) is 5.81. The summed E-state index contributed by atoms with van der Waals surface area (Å²) in [6.45, 7) is 0.643. The van der Waals surface area contributed by atoms with Crippen LogP contribution in [0.3, 0.4) is 0 Å². The lowest BCUT2D eigenvalue weighted by molar-refractivity contribution is 0.457. The van der Waals surface area contributed by atoms with E-state index in [0.29, 0.717) is 18.2 Å². The minimum Gasteiger partial charge on any atom is -0.508 e. The van der Waals surface area contributed by atoms with Crippen LogP contribution in [0.5, 0.6) is 5.75 Å². The molecule has 3 N–H and O–H groups in total. The summed E-state index contributed by atoms with van der Waals surface area (Å²) in [5.74, 6) is 0.786. The molecule has 2 rings (SSSR count). The van der Waals surface area contributed by atoms with E-state index in [1.165, 1.54) is 18.4 Å². The second-order valence-electron chi connectivity index (χ2n) is 4.03. The number of aryl methyl sites for hydroxylation is 1. The van der Waals surface area contributed by atoms with Gasteiger partial charge in [-0.05, 0) is 37.4 Å². The van der Waals surface area contributed by atoms with Gasteiger partial charge in [-0.2, -0.15) is 0 Å². The molecule has 1 aliphatic carbocycles. The summed E-state index contributed by atoms with van der Waals surface area (Å²) in [5, 5.41) is 9.83. The lowest BCUT2D eigenvalue weighted by Crippen LogP contribution is -2.12. The van der Waals surface area contributed by atoms with Crippen LogP contribution < -0.4 is 5.73 Å². The molecule has 0 radical (unpaired) electrons. The predicted octanol–water partition coefficient (Wildman–Crippen LogP) is 2.16. The Morgan fingerprint density at radius 2 is 2.21 bits per heavy atom. The molecule has 0 heterocycles. The molecule has 0 saturated carbocycles. The normalized spacial score (nSPS) is 21.4. The van der Waals surface area contributed by atoms with Crippen molar-refractivity contribution in [3.8, 4) is 5.75 Å². The summed E-state index contributed by atoms with van der Waals surface area (Å²) >= 11 is 0. The molecule has 1 aromatic rings. The molecule has 0 aliphatic heterocycles. The number of nitrogens with two attached hydrogens (primary N) is 1. The molecule has 1 aliphatic rings. The molecule has 1 atom stereocenters. The first kappa shape index (κ1) is 9.53. The van der Waals surface area contributed by atoms with Crippen molar-refractivity contribution < 1.29 is 5.11 Å². The second kappa shape index (κ2) is 4.01. The highest BCUT2D eigenvalue weighted by Crippen LogP contribution is 2.35. The van der Waals surface area contributed by atoms with Gasteiger partial charge in [0.15, 0.2) is 0 Å². The molecule has 0 bridgehead atoms. The van der Waals surface area contributed by atoms with Crippen LogP contribution in [0, 0.1) is 0 Å². The van der Waals surface area contributed by atoms with E-state index in [1.54, 1.807) is 6.07 Å². The highest BCUT2D eigenvalue weighted by Gasteiger charge is 2.20. The van der Waals surface area contributed by atoms with E-state index in [0.717, 1.165) is 18.4 Å². The third-order valence-electron chi connectivity index (χ3n) is 3.11. The van der Waals surface area contributed by atoms with Gasteiger partial charge in [-0.15, -0.1) is 0 Å². The maximum Gasteiger partial charge on any atom is 0.119 e. The van der Waals surface area contributed by atoms with E-state index < -0.39 is 0 Å². The number of aromatic hydroxyl groups is 1. The van der Waals surface area contributed by atoms with Crippen molar-refractivity contribution >= 4 is 0 Å². The minimum absolute atomic E-state index is 0.355. The Balaban J connectivity index is 2.45. The van der Waals surface area contributed by atoms with E-state index in [2.05, 4.69) is 6.07 Å². The molecular weight excluding hydrogens is 174 g/mol. The first-order valence-corrected chi connectivity index (χ1v) is 5.33. The van der Waals surface area contributed by atoms with Gasteiger partial charge in [-0.25, -0.2) is 0 Å². The maximum absolute atomic E-state index is 9.83. The molecule has 2 nitrogen and oxygen atoms in total. The minimum atomic E-state index is 0.355. The molecule has 76 valence electrons. The fourth-order valence-electron chi connectivity index (χ4n) is 2.38. The van der Waals surface area contributed by atoms with E-state index in [4.69, 9.17) is 5.73 Å². The van der Waals surface area contributed by atoms with Crippen LogP contribution in [-0.2, 0) is 6.42 Å². The van der Waals surface area contributed by atoms with Crippen LogP contribution in [0.1, 0.15) is 36.3 Å². The van der Waals surface area contributed by atoms with Crippen LogP contribution >= 0.6 is 0 Å². The number of benzene rings is 1. The van der Waals surface area contributed by atoms with Crippen LogP contribution in [0.2, 0.25) is 0 Å². The zero-order chi connectivity index (χ0) is 9.97. The Morgan fingerprint density at radius 3 is 3.00 bits per heavy atom. The van der Waals surface area contributed by atoms with Crippen molar-refractivity contribution in [2.24, 2.45) is 5.73 Å². The monoisotopic (exact) mass is 191 g/mol. The third-order valence-corrected chi connectivity index (χ3v) is 3.11. The Bertz CT molecular complexity index is 322. The fraction of sp³-hybridized carbons (Fsp3) is 0.500. The van der Waals surface area contributed by atoms with Gasteiger partial charge in [-0.3, -0.25) is 0 Å². The number of phenolic OH excluding ortho intramolecular Hbond substituents is 1. The van der Waals surface area contributed by atoms with Gasteiger partial charge in [0, 0.05) is 11.5 Å². The average Bonchev–Trinajstić information content (AvgIpc) is 2.40. The summed E-state index contributed by atoms with van der Waals surface area (Å²) in [7, 11) is 0. The fourth-order valence-corrected chi connectivity index (χ4v) is 2.38. The number of fused-ring (bicyclic) bond motifs is 1. The molecular formula is C12H17NO. The van der Waals surface area contributed by atoms with Gasteiger partial charge in [0.25, 0.3) is 0 Å². The molecule has 14 heavy (non-hydrogen) atoms. The smallest absolute Gasteiger partial charge is 0.119 e. The molecule has 0 saturated heterocycles. The molecule has 1 unspecified atom stereocenters. The van der Waals surface area contributed by atoms with Gasteiger partial charge < -0.3 is 10.8 Å². The van der Waals surface area contributed by atoms with Gasteiger partial charge in [0.05, 0.1) is 0 Å². The van der Waals surface area contributed by atoms with Gasteiger partial charge in [0.1, 0.15) is 5.75 Å². The first-order valence-electron chi connectivity index (χ1n) is 5.33. The zero-order valence-corrected chi connectivity index (χ0v) is 8.37. The summed E-state index contributed by atoms with van der Waals surface area (Å²) < 4.78 is 0. The van der Waals surface area contributed by atoms with Gasteiger partial charge in [-0.1, -0.05) is 18.6 Å². The van der Waals surface area contributed by atoms with E-state index in [-0.39, 0.29) is 0 Å². The van der Waals surface area contributed by atoms with Gasteiger partial charge >= 0.3 is 0 Å². The Hall–Kier alpha value is -1.02. The van der Waals surface area contributed by atoms with Crippen LogP contribution in [0.15, 0.2) is 18.2 Å². The molecule has 0 fully saturated rings. The Morgan fingerprint density at radius 1 is 1.36 bits per heavy atom. The topological polar surface area (TPSA) is 46.2 Å². The van der Waals surface area contributed by atoms with E-state index in [1.807, 2.05) is 6.07 Å². The first-order chi connectivity index (χ1) is 6.83. The largest absolute Gasteiger partial charge is 0.508 e. The van der Waals surface area contributed by atoms with E-state index in [9.17, 15) is 5.11 Å². The third kappa shape index (κ3) is 1.62. The van der Waals surface area contributed by atoms with Crippen molar-refractivity contribution in [2.45, 2.75) is 31.6 Å². The summed E-state index contributed by atoms with van der Waals surface area (Å²) in [4.78, 5) is 0. The highest BCUT2D eigenvalue weighted by atomic mass is 16.3. The van der Waals surface area contributed by atoms with Crippen LogP contribution in [0.4, 0.5) is 0 Å². The van der Waals surface area contributed by atoms with Crippen molar-refractivity contribution in [2.75, 3.05) is 6.54 Å². The molecule has 2 heteroatoms. The quantitative estimate of drug-likeness (QED) is 0.668. The molecule has 1 aromatic carbocycles. The average molecular weight is 191 g/mol. The summed E-state index contributed by atoms with van der Waals surface area (Å²) in [5.41, 5.74) is 8.14. The molecule has 0 aromatic heterocycles. The lowest BCUT2D eigenvalue weighted by atomic mass is 9.92. The van der Waals surface area contributed by atoms with Gasteiger partial charge in [0.2, 0.25) is 0 Å². The number of hydrogen-bond donors (Lipinski definition) is 2. The highest BCUT2D eigenvalue weighted by molar-refractivity contribution is 5.42. The Kier molecular flexibility index (Phi) is 2.73. The van der Waals surface area contributed by atoms with Crippen LogP contribution in [0.25, 0.3) is 0 Å². The van der Waals surface area contributed by atoms with Crippen molar-refractivity contribution in [3.63, 3.8) is 0 Å². The molecule has 0 amide bonds. The summed E-state index contributed by atoms with van der Waals surface area (Å²) in [6.07, 6.45) is 4.63. The molecule has 0 spiro atoms. The SMILES string of the molecule is NCC1CCCCc2cccc(O)c21. The Labute approximate surface area is 84.7 Å². The maximum atomic E-state index is 9.83. The van der Waals surface area contributed by atoms with Crippen LogP contribution in [-0.4, -0.2) is 11.7 Å².